The maximum Gasteiger partial charge on any atom is 0.224 e. The summed E-state index contributed by atoms with van der Waals surface area (Å²) in [6.45, 7) is 7.80. The zero-order valence-corrected chi connectivity index (χ0v) is 16.3. The van der Waals surface area contributed by atoms with Gasteiger partial charge in [0.15, 0.2) is 11.4 Å². The van der Waals surface area contributed by atoms with E-state index in [-0.39, 0.29) is 18.6 Å². The van der Waals surface area contributed by atoms with Crippen molar-refractivity contribution in [2.24, 2.45) is 5.73 Å². The number of aryl methyl sites for hydroxylation is 1. The number of ether oxygens (including phenoxy) is 2. The number of amides is 1. The van der Waals surface area contributed by atoms with E-state index in [2.05, 4.69) is 15.3 Å². The lowest BCUT2D eigenvalue weighted by atomic mass is 10.3. The molecule has 2 aromatic rings. The Morgan fingerprint density at radius 2 is 2.04 bits per heavy atom. The minimum atomic E-state index is -0.376. The molecule has 2 aromatic heterocycles. The van der Waals surface area contributed by atoms with Crippen molar-refractivity contribution >= 4 is 33.7 Å². The number of nitrogens with zero attached hydrogens (tertiary/aromatic N) is 2. The zero-order chi connectivity index (χ0) is 18.2. The Morgan fingerprint density at radius 3 is 2.68 bits per heavy atom. The van der Waals surface area contributed by atoms with E-state index >= 15 is 0 Å². The Bertz CT molecular complexity index is 681. The van der Waals surface area contributed by atoms with E-state index in [1.807, 2.05) is 26.2 Å². The van der Waals surface area contributed by atoms with Crippen molar-refractivity contribution in [3.05, 3.63) is 16.1 Å². The highest BCUT2D eigenvalue weighted by molar-refractivity contribution is 7.17. The van der Waals surface area contributed by atoms with Crippen molar-refractivity contribution in [1.29, 1.82) is 0 Å². The minimum absolute atomic E-state index is 0.164. The molecular weight excluding hydrogens is 360 g/mol. The SMILES string of the molecule is CCOC(CCNc1nc(-c2sc(CC(N)=O)nc2C)cs1)OCC. The van der Waals surface area contributed by atoms with E-state index < -0.39 is 0 Å². The van der Waals surface area contributed by atoms with Crippen LogP contribution in [0.25, 0.3) is 10.6 Å². The fraction of sp³-hybridized carbons (Fsp3) is 0.562. The third-order valence-electron chi connectivity index (χ3n) is 3.26. The summed E-state index contributed by atoms with van der Waals surface area (Å²) in [5.41, 5.74) is 6.96. The first kappa shape index (κ1) is 19.8. The monoisotopic (exact) mass is 384 g/mol. The van der Waals surface area contributed by atoms with E-state index in [0.717, 1.165) is 32.8 Å². The standard InChI is InChI=1S/C16H24N4O3S2/c1-4-22-14(23-5-2)6-7-18-16-20-11(9-24-16)15-10(3)19-13(25-15)8-12(17)21/h9,14H,4-8H2,1-3H3,(H2,17,21)(H,18,20). The average molecular weight is 385 g/mol. The lowest BCUT2D eigenvalue weighted by Gasteiger charge is -2.16. The summed E-state index contributed by atoms with van der Waals surface area (Å²) < 4.78 is 11.0. The van der Waals surface area contributed by atoms with Gasteiger partial charge in [0.2, 0.25) is 5.91 Å². The zero-order valence-electron chi connectivity index (χ0n) is 14.7. The number of nitrogens with two attached hydrogens (primary N) is 1. The van der Waals surface area contributed by atoms with Gasteiger partial charge in [-0.15, -0.1) is 22.7 Å². The quantitative estimate of drug-likeness (QED) is 0.578. The highest BCUT2D eigenvalue weighted by Crippen LogP contribution is 2.32. The number of aromatic nitrogens is 2. The molecule has 138 valence electrons. The van der Waals surface area contributed by atoms with Crippen LogP contribution >= 0.6 is 22.7 Å². The van der Waals surface area contributed by atoms with Gasteiger partial charge in [0.1, 0.15) is 5.01 Å². The number of primary amides is 1. The van der Waals surface area contributed by atoms with Crippen LogP contribution in [0.15, 0.2) is 5.38 Å². The highest BCUT2D eigenvalue weighted by atomic mass is 32.1. The number of nitrogens with one attached hydrogen (secondary N) is 1. The molecule has 2 rings (SSSR count). The number of thiazole rings is 2. The van der Waals surface area contributed by atoms with Gasteiger partial charge in [-0.2, -0.15) is 0 Å². The summed E-state index contributed by atoms with van der Waals surface area (Å²) in [4.78, 5) is 21.0. The van der Waals surface area contributed by atoms with E-state index in [4.69, 9.17) is 15.2 Å². The maximum atomic E-state index is 11.0. The van der Waals surface area contributed by atoms with Crippen molar-refractivity contribution in [3.63, 3.8) is 0 Å². The molecule has 7 nitrogen and oxygen atoms in total. The molecule has 0 saturated heterocycles. The molecule has 0 unspecified atom stereocenters. The van der Waals surface area contributed by atoms with E-state index in [1.165, 1.54) is 22.7 Å². The summed E-state index contributed by atoms with van der Waals surface area (Å²) in [6, 6.07) is 0. The molecule has 0 spiro atoms. The molecule has 0 bridgehead atoms. The second kappa shape index (κ2) is 9.81. The molecule has 1 amide bonds. The Balaban J connectivity index is 1.93. The van der Waals surface area contributed by atoms with Crippen LogP contribution in [-0.4, -0.2) is 41.9 Å². The number of hydrogen-bond donors (Lipinski definition) is 2. The highest BCUT2D eigenvalue weighted by Gasteiger charge is 2.14. The van der Waals surface area contributed by atoms with Crippen LogP contribution in [0.5, 0.6) is 0 Å². The Labute approximate surface area is 155 Å². The van der Waals surface area contributed by atoms with Gasteiger partial charge in [-0.1, -0.05) is 0 Å². The van der Waals surface area contributed by atoms with Crippen LogP contribution in [0.3, 0.4) is 0 Å². The first-order valence-electron chi connectivity index (χ1n) is 8.21. The molecule has 0 aliphatic heterocycles. The molecule has 0 saturated carbocycles. The molecule has 0 radical (unpaired) electrons. The fourth-order valence-corrected chi connectivity index (χ4v) is 4.10. The van der Waals surface area contributed by atoms with Crippen molar-refractivity contribution in [2.45, 2.75) is 39.9 Å². The molecule has 3 N–H and O–H groups in total. The third-order valence-corrected chi connectivity index (χ3v) is 5.24. The van der Waals surface area contributed by atoms with Crippen LogP contribution in [0.4, 0.5) is 5.13 Å². The van der Waals surface area contributed by atoms with Gasteiger partial charge in [0.25, 0.3) is 0 Å². The smallest absolute Gasteiger partial charge is 0.224 e. The predicted octanol–water partition coefficient (Wildman–Crippen LogP) is 2.80. The average Bonchev–Trinajstić information content (AvgIpc) is 3.13. The third kappa shape index (κ3) is 6.03. The van der Waals surface area contributed by atoms with Gasteiger partial charge >= 0.3 is 0 Å². The Kier molecular flexibility index (Phi) is 7.76. The normalized spacial score (nSPS) is 11.2. The molecule has 0 aliphatic rings. The van der Waals surface area contributed by atoms with Crippen LogP contribution in [0, 0.1) is 6.92 Å². The topological polar surface area (TPSA) is 99.4 Å². The first-order chi connectivity index (χ1) is 12.0. The molecule has 0 aliphatic carbocycles. The van der Waals surface area contributed by atoms with E-state index in [0.29, 0.717) is 19.8 Å². The van der Waals surface area contributed by atoms with Crippen molar-refractivity contribution < 1.29 is 14.3 Å². The molecular formula is C16H24N4O3S2. The Hall–Kier alpha value is -1.55. The predicted molar refractivity (Wildman–Crippen MR) is 101 cm³/mol. The summed E-state index contributed by atoms with van der Waals surface area (Å²) in [7, 11) is 0. The van der Waals surface area contributed by atoms with Crippen LogP contribution < -0.4 is 11.1 Å². The second-order valence-corrected chi connectivity index (χ2v) is 7.20. The molecule has 0 fully saturated rings. The number of carbonyl (C=O) groups is 1. The summed E-state index contributed by atoms with van der Waals surface area (Å²) in [6.07, 6.45) is 0.720. The molecule has 2 heterocycles. The lowest BCUT2D eigenvalue weighted by Crippen LogP contribution is -2.21. The summed E-state index contributed by atoms with van der Waals surface area (Å²) >= 11 is 3.00. The number of hydrogen-bond acceptors (Lipinski definition) is 8. The number of rotatable bonds is 11. The van der Waals surface area contributed by atoms with Crippen molar-refractivity contribution in [2.75, 3.05) is 25.1 Å². The molecule has 9 heteroatoms. The van der Waals surface area contributed by atoms with Gasteiger partial charge in [0, 0.05) is 31.6 Å². The van der Waals surface area contributed by atoms with Gasteiger partial charge in [-0.25, -0.2) is 9.97 Å². The van der Waals surface area contributed by atoms with Gasteiger partial charge in [-0.05, 0) is 20.8 Å². The molecule has 25 heavy (non-hydrogen) atoms. The van der Waals surface area contributed by atoms with E-state index in [9.17, 15) is 4.79 Å². The largest absolute Gasteiger partial charge is 0.369 e. The van der Waals surface area contributed by atoms with E-state index in [1.54, 1.807) is 0 Å². The number of anilines is 1. The minimum Gasteiger partial charge on any atom is -0.369 e. The van der Waals surface area contributed by atoms with Crippen LogP contribution in [-0.2, 0) is 20.7 Å². The van der Waals surface area contributed by atoms with Gasteiger partial charge in [-0.3, -0.25) is 4.79 Å². The number of carbonyl (C=O) groups excluding carboxylic acids is 1. The van der Waals surface area contributed by atoms with Crippen LogP contribution in [0.2, 0.25) is 0 Å². The maximum absolute atomic E-state index is 11.0. The summed E-state index contributed by atoms with van der Waals surface area (Å²) in [5, 5.41) is 6.84. The molecule has 0 aromatic carbocycles. The first-order valence-corrected chi connectivity index (χ1v) is 9.90. The lowest BCUT2D eigenvalue weighted by molar-refractivity contribution is -0.137. The summed E-state index contributed by atoms with van der Waals surface area (Å²) in [5.74, 6) is -0.376. The van der Waals surface area contributed by atoms with Crippen molar-refractivity contribution in [3.8, 4) is 10.6 Å². The van der Waals surface area contributed by atoms with Crippen molar-refractivity contribution in [1.82, 2.24) is 9.97 Å². The molecule has 0 atom stereocenters. The Morgan fingerprint density at radius 1 is 1.32 bits per heavy atom. The van der Waals surface area contributed by atoms with Gasteiger partial charge in [0.05, 0.1) is 22.7 Å². The van der Waals surface area contributed by atoms with Gasteiger partial charge < -0.3 is 20.5 Å². The second-order valence-electron chi connectivity index (χ2n) is 5.26. The fourth-order valence-electron chi connectivity index (χ4n) is 2.26. The van der Waals surface area contributed by atoms with Crippen LogP contribution in [0.1, 0.15) is 31.0 Å².